The first kappa shape index (κ1) is 18.6. The van der Waals surface area contributed by atoms with Crippen molar-refractivity contribution in [2.24, 2.45) is 0 Å². The van der Waals surface area contributed by atoms with Crippen molar-refractivity contribution in [1.82, 2.24) is 0 Å². The van der Waals surface area contributed by atoms with Crippen molar-refractivity contribution in [3.8, 4) is 11.5 Å². The van der Waals surface area contributed by atoms with E-state index in [1.54, 1.807) is 29.2 Å². The lowest BCUT2D eigenvalue weighted by molar-refractivity contribution is -0.117. The summed E-state index contributed by atoms with van der Waals surface area (Å²) in [5.74, 6) is 1.08. The van der Waals surface area contributed by atoms with E-state index in [-0.39, 0.29) is 10.8 Å². The summed E-state index contributed by atoms with van der Waals surface area (Å²) < 4.78 is 39.3. The maximum absolute atomic E-state index is 12.8. The van der Waals surface area contributed by atoms with Crippen LogP contribution < -0.4 is 19.1 Å². The maximum Gasteiger partial charge on any atom is 0.262 e. The quantitative estimate of drug-likeness (QED) is 0.850. The molecule has 1 amide bonds. The molecule has 0 aliphatic carbocycles. The van der Waals surface area contributed by atoms with Crippen molar-refractivity contribution >= 4 is 27.3 Å². The molecule has 2 heterocycles. The molecule has 148 valence electrons. The lowest BCUT2D eigenvalue weighted by Crippen LogP contribution is -2.24. The molecular formula is C20H22N2O5S. The van der Waals surface area contributed by atoms with Crippen LogP contribution in [0.5, 0.6) is 11.5 Å². The van der Waals surface area contributed by atoms with Crippen LogP contribution in [-0.2, 0) is 14.8 Å². The molecule has 0 radical (unpaired) electrons. The summed E-state index contributed by atoms with van der Waals surface area (Å²) >= 11 is 0. The van der Waals surface area contributed by atoms with Crippen molar-refractivity contribution < 1.29 is 22.7 Å². The van der Waals surface area contributed by atoms with E-state index in [4.69, 9.17) is 9.47 Å². The Bertz CT molecular complexity index is 1020. The number of hydrogen-bond acceptors (Lipinski definition) is 5. The van der Waals surface area contributed by atoms with Gasteiger partial charge in [-0.25, -0.2) is 8.42 Å². The molecule has 2 aromatic carbocycles. The molecule has 0 spiro atoms. The number of carbonyl (C=O) groups excluding carboxylic acids is 1. The highest BCUT2D eigenvalue weighted by Crippen LogP contribution is 2.33. The van der Waals surface area contributed by atoms with Gasteiger partial charge in [0.1, 0.15) is 0 Å². The fourth-order valence-corrected chi connectivity index (χ4v) is 4.51. The van der Waals surface area contributed by atoms with Crippen LogP contribution in [0.4, 0.5) is 11.4 Å². The highest BCUT2D eigenvalue weighted by Gasteiger charge is 2.24. The van der Waals surface area contributed by atoms with E-state index in [1.807, 2.05) is 6.92 Å². The first-order chi connectivity index (χ1) is 13.4. The number of fused-ring (bicyclic) bond motifs is 1. The van der Waals surface area contributed by atoms with Gasteiger partial charge in [-0.05, 0) is 49.2 Å². The highest BCUT2D eigenvalue weighted by atomic mass is 32.2. The zero-order valence-electron chi connectivity index (χ0n) is 15.6. The number of ether oxygens (including phenoxy) is 2. The van der Waals surface area contributed by atoms with E-state index < -0.39 is 10.0 Å². The van der Waals surface area contributed by atoms with Crippen LogP contribution >= 0.6 is 0 Å². The third kappa shape index (κ3) is 3.64. The first-order valence-electron chi connectivity index (χ1n) is 9.27. The number of sulfonamides is 1. The van der Waals surface area contributed by atoms with Gasteiger partial charge in [-0.1, -0.05) is 0 Å². The maximum atomic E-state index is 12.8. The van der Waals surface area contributed by atoms with Gasteiger partial charge in [0, 0.05) is 36.8 Å². The summed E-state index contributed by atoms with van der Waals surface area (Å²) in [7, 11) is -3.78. The van der Waals surface area contributed by atoms with Crippen molar-refractivity contribution in [2.75, 3.05) is 29.4 Å². The largest absolute Gasteiger partial charge is 0.490 e. The third-order valence-corrected chi connectivity index (χ3v) is 6.22. The predicted molar refractivity (Wildman–Crippen MR) is 106 cm³/mol. The summed E-state index contributed by atoms with van der Waals surface area (Å²) in [5, 5.41) is 0. The minimum atomic E-state index is -3.78. The van der Waals surface area contributed by atoms with Crippen LogP contribution in [0, 0.1) is 6.92 Å². The Morgan fingerprint density at radius 1 is 1.00 bits per heavy atom. The molecule has 0 atom stereocenters. The highest BCUT2D eigenvalue weighted by molar-refractivity contribution is 7.92. The van der Waals surface area contributed by atoms with Gasteiger partial charge in [-0.2, -0.15) is 0 Å². The Kier molecular flexibility index (Phi) is 4.89. The Balaban J connectivity index is 1.57. The smallest absolute Gasteiger partial charge is 0.262 e. The molecule has 0 aromatic heterocycles. The number of carbonyl (C=O) groups is 1. The van der Waals surface area contributed by atoms with Crippen molar-refractivity contribution in [3.05, 3.63) is 42.0 Å². The number of nitrogens with zero attached hydrogens (tertiary/aromatic N) is 1. The molecule has 7 nitrogen and oxygen atoms in total. The van der Waals surface area contributed by atoms with Crippen LogP contribution in [-0.4, -0.2) is 34.1 Å². The van der Waals surface area contributed by atoms with Gasteiger partial charge < -0.3 is 14.4 Å². The van der Waals surface area contributed by atoms with E-state index >= 15 is 0 Å². The fraction of sp³-hybridized carbons (Fsp3) is 0.350. The second kappa shape index (κ2) is 7.35. The van der Waals surface area contributed by atoms with Gasteiger partial charge in [0.25, 0.3) is 10.0 Å². The summed E-state index contributed by atoms with van der Waals surface area (Å²) in [6, 6.07) is 9.79. The normalized spacial score (nSPS) is 16.8. The summed E-state index contributed by atoms with van der Waals surface area (Å²) in [6.07, 6.45) is 2.15. The fourth-order valence-electron chi connectivity index (χ4n) is 3.45. The van der Waals surface area contributed by atoms with E-state index in [0.29, 0.717) is 43.4 Å². The van der Waals surface area contributed by atoms with E-state index in [1.165, 1.54) is 12.1 Å². The second-order valence-electron chi connectivity index (χ2n) is 6.91. The number of benzene rings is 2. The molecular weight excluding hydrogens is 380 g/mol. The lowest BCUT2D eigenvalue weighted by atomic mass is 10.1. The van der Waals surface area contributed by atoms with Gasteiger partial charge in [-0.3, -0.25) is 9.52 Å². The number of rotatable bonds is 4. The Morgan fingerprint density at radius 3 is 2.50 bits per heavy atom. The minimum absolute atomic E-state index is 0.101. The average Bonchev–Trinajstić information content (AvgIpc) is 2.94. The Morgan fingerprint density at radius 2 is 1.79 bits per heavy atom. The molecule has 4 rings (SSSR count). The van der Waals surface area contributed by atoms with Crippen molar-refractivity contribution in [3.63, 3.8) is 0 Å². The van der Waals surface area contributed by atoms with Crippen LogP contribution in [0.2, 0.25) is 0 Å². The average molecular weight is 402 g/mol. The summed E-state index contributed by atoms with van der Waals surface area (Å²) in [5.41, 5.74) is 2.11. The van der Waals surface area contributed by atoms with Gasteiger partial charge in [0.15, 0.2) is 11.5 Å². The number of aryl methyl sites for hydroxylation is 1. The Hall–Kier alpha value is -2.74. The number of hydrogen-bond donors (Lipinski definition) is 1. The summed E-state index contributed by atoms with van der Waals surface area (Å²) in [6.45, 7) is 3.59. The zero-order chi connectivity index (χ0) is 19.7. The van der Waals surface area contributed by atoms with E-state index in [9.17, 15) is 13.2 Å². The molecule has 2 aromatic rings. The molecule has 2 aliphatic heterocycles. The molecule has 1 fully saturated rings. The van der Waals surface area contributed by atoms with Crippen LogP contribution in [0.25, 0.3) is 0 Å². The van der Waals surface area contributed by atoms with Crippen molar-refractivity contribution in [2.45, 2.75) is 31.1 Å². The molecule has 2 aliphatic rings. The van der Waals surface area contributed by atoms with Crippen LogP contribution in [0.15, 0.2) is 41.3 Å². The second-order valence-corrected chi connectivity index (χ2v) is 8.60. The van der Waals surface area contributed by atoms with E-state index in [0.717, 1.165) is 24.1 Å². The minimum Gasteiger partial charge on any atom is -0.490 e. The monoisotopic (exact) mass is 402 g/mol. The SMILES string of the molecule is Cc1cc(NS(=O)(=O)c2ccc3c(c2)OCCCO3)ccc1N1CCCC1=O. The number of amides is 1. The van der Waals surface area contributed by atoms with Gasteiger partial charge in [-0.15, -0.1) is 0 Å². The molecule has 0 bridgehead atoms. The molecule has 0 saturated carbocycles. The van der Waals surface area contributed by atoms with Crippen molar-refractivity contribution in [1.29, 1.82) is 0 Å². The zero-order valence-corrected chi connectivity index (χ0v) is 16.4. The number of anilines is 2. The summed E-state index contributed by atoms with van der Waals surface area (Å²) in [4.78, 5) is 13.8. The van der Waals surface area contributed by atoms with Gasteiger partial charge >= 0.3 is 0 Å². The molecule has 0 unspecified atom stereocenters. The van der Waals surface area contributed by atoms with Gasteiger partial charge in [0.05, 0.1) is 18.1 Å². The molecule has 8 heteroatoms. The van der Waals surface area contributed by atoms with E-state index in [2.05, 4.69) is 4.72 Å². The first-order valence-corrected chi connectivity index (χ1v) is 10.8. The van der Waals surface area contributed by atoms with Crippen LogP contribution in [0.3, 0.4) is 0 Å². The molecule has 1 N–H and O–H groups in total. The standard InChI is InChI=1S/C20H22N2O5S/c1-14-12-15(5-7-17(14)22-9-2-4-20(22)23)21-28(24,25)16-6-8-18-19(13-16)27-11-3-10-26-18/h5-8,12-13,21H,2-4,9-11H2,1H3. The molecule has 1 saturated heterocycles. The Labute approximate surface area is 164 Å². The topological polar surface area (TPSA) is 84.9 Å². The van der Waals surface area contributed by atoms with Gasteiger partial charge in [0.2, 0.25) is 5.91 Å². The van der Waals surface area contributed by atoms with Crippen LogP contribution in [0.1, 0.15) is 24.8 Å². The predicted octanol–water partition coefficient (Wildman–Crippen LogP) is 3.08. The third-order valence-electron chi connectivity index (χ3n) is 4.84. The lowest BCUT2D eigenvalue weighted by Gasteiger charge is -2.19. The number of nitrogens with one attached hydrogen (secondary N) is 1. The molecule has 28 heavy (non-hydrogen) atoms.